The summed E-state index contributed by atoms with van der Waals surface area (Å²) < 4.78 is 40.0. The number of alkyl halides is 3. The van der Waals surface area contributed by atoms with E-state index in [1.165, 1.54) is 31.6 Å². The van der Waals surface area contributed by atoms with Crippen LogP contribution in [0.5, 0.6) is 0 Å². The number of carbonyl (C=O) groups is 2. The number of aromatic nitrogens is 3. The molecule has 1 atom stereocenters. The topological polar surface area (TPSA) is 117 Å². The summed E-state index contributed by atoms with van der Waals surface area (Å²) in [4.78, 5) is 35.6. The fourth-order valence-corrected chi connectivity index (χ4v) is 3.63. The maximum atomic E-state index is 13.3. The number of rotatable bonds is 7. The molecule has 0 aromatic carbocycles. The van der Waals surface area contributed by atoms with Gasteiger partial charge in [-0.15, -0.1) is 0 Å². The zero-order valence-electron chi connectivity index (χ0n) is 17.7. The normalized spacial score (nSPS) is 12.7. The van der Waals surface area contributed by atoms with E-state index < -0.39 is 30.6 Å². The van der Waals surface area contributed by atoms with Gasteiger partial charge in [0.25, 0.3) is 0 Å². The van der Waals surface area contributed by atoms with Gasteiger partial charge >= 0.3 is 6.18 Å². The van der Waals surface area contributed by atoms with E-state index in [-0.39, 0.29) is 11.6 Å². The third kappa shape index (κ3) is 5.16. The molecule has 0 unspecified atom stereocenters. The molecule has 0 saturated carbocycles. The van der Waals surface area contributed by atoms with Crippen molar-refractivity contribution in [3.05, 3.63) is 36.9 Å². The molecule has 170 valence electrons. The van der Waals surface area contributed by atoms with E-state index in [0.29, 0.717) is 27.8 Å². The van der Waals surface area contributed by atoms with E-state index in [4.69, 9.17) is 5.73 Å². The predicted molar refractivity (Wildman–Crippen MR) is 115 cm³/mol. The Morgan fingerprint density at radius 1 is 1.22 bits per heavy atom. The first kappa shape index (κ1) is 23.0. The van der Waals surface area contributed by atoms with Crippen LogP contribution in [0.1, 0.15) is 20.8 Å². The number of primary amides is 1. The van der Waals surface area contributed by atoms with Gasteiger partial charge in [-0.1, -0.05) is 13.8 Å². The van der Waals surface area contributed by atoms with Gasteiger partial charge in [-0.05, 0) is 18.1 Å². The lowest BCUT2D eigenvalue weighted by Gasteiger charge is -2.34. The van der Waals surface area contributed by atoms with Gasteiger partial charge in [-0.2, -0.15) is 13.2 Å². The lowest BCUT2D eigenvalue weighted by molar-refractivity contribution is -0.126. The van der Waals surface area contributed by atoms with Crippen LogP contribution in [0.15, 0.2) is 36.9 Å². The number of aromatic amines is 1. The molecule has 0 spiro atoms. The zero-order valence-corrected chi connectivity index (χ0v) is 17.7. The summed E-state index contributed by atoms with van der Waals surface area (Å²) in [5, 5.41) is 3.29. The summed E-state index contributed by atoms with van der Waals surface area (Å²) in [7, 11) is 0. The number of carbonyl (C=O) groups excluding carboxylic acids is 2. The van der Waals surface area contributed by atoms with Crippen LogP contribution in [0.25, 0.3) is 22.2 Å². The Balaban J connectivity index is 2.09. The second-order valence-electron chi connectivity index (χ2n) is 7.77. The number of nitrogens with one attached hydrogen (secondary N) is 2. The molecule has 0 aliphatic carbocycles. The maximum Gasteiger partial charge on any atom is 0.405 e. The second kappa shape index (κ2) is 8.85. The first-order valence-electron chi connectivity index (χ1n) is 9.79. The highest BCUT2D eigenvalue weighted by molar-refractivity contribution is 5.98. The largest absolute Gasteiger partial charge is 0.405 e. The molecule has 0 aliphatic heterocycles. The van der Waals surface area contributed by atoms with Crippen molar-refractivity contribution in [1.82, 2.24) is 15.0 Å². The second-order valence-corrected chi connectivity index (χ2v) is 7.77. The van der Waals surface area contributed by atoms with E-state index in [2.05, 4.69) is 20.3 Å². The molecule has 11 heteroatoms. The number of halogens is 3. The highest BCUT2D eigenvalue weighted by Crippen LogP contribution is 2.33. The smallest absolute Gasteiger partial charge is 0.368 e. The molecule has 3 aromatic heterocycles. The fraction of sp³-hybridized carbons (Fsp3) is 0.333. The average molecular weight is 448 g/mol. The monoisotopic (exact) mass is 448 g/mol. The quantitative estimate of drug-likeness (QED) is 0.512. The first-order valence-corrected chi connectivity index (χ1v) is 9.79. The van der Waals surface area contributed by atoms with Crippen molar-refractivity contribution in [3.63, 3.8) is 0 Å². The Hall–Kier alpha value is -3.63. The van der Waals surface area contributed by atoms with Gasteiger partial charge in [0.1, 0.15) is 18.2 Å². The highest BCUT2D eigenvalue weighted by atomic mass is 19.4. The maximum absolute atomic E-state index is 13.3. The van der Waals surface area contributed by atoms with Crippen molar-refractivity contribution in [1.29, 1.82) is 0 Å². The van der Waals surface area contributed by atoms with Crippen LogP contribution in [-0.2, 0) is 9.59 Å². The molecule has 0 bridgehead atoms. The zero-order chi connectivity index (χ0) is 23.6. The molecule has 3 rings (SSSR count). The third-order valence-corrected chi connectivity index (χ3v) is 4.83. The third-order valence-electron chi connectivity index (χ3n) is 4.83. The summed E-state index contributed by atoms with van der Waals surface area (Å²) >= 11 is 0. The molecule has 8 nitrogen and oxygen atoms in total. The standard InChI is InChI=1S/C21H23F3N6O2/c1-11(2)18(19(25)32)30(10-21(22,23)24)15-4-13(6-26-8-15)17-9-28-20-16(17)5-14(7-27-20)29-12(3)31/h4-9,11,18H,10H2,1-3H3,(H2,25,32)(H,27,28)(H,29,31)/t18-/m0/s1. The van der Waals surface area contributed by atoms with Crippen molar-refractivity contribution in [2.24, 2.45) is 11.7 Å². The average Bonchev–Trinajstić information content (AvgIpc) is 3.08. The number of pyridine rings is 2. The number of nitrogens with zero attached hydrogens (tertiary/aromatic N) is 3. The Morgan fingerprint density at radius 3 is 2.53 bits per heavy atom. The number of anilines is 2. The van der Waals surface area contributed by atoms with Crippen LogP contribution in [0.4, 0.5) is 24.5 Å². The Morgan fingerprint density at radius 2 is 1.94 bits per heavy atom. The molecule has 0 saturated heterocycles. The number of hydrogen-bond donors (Lipinski definition) is 3. The van der Waals surface area contributed by atoms with E-state index in [9.17, 15) is 22.8 Å². The fourth-order valence-electron chi connectivity index (χ4n) is 3.63. The lowest BCUT2D eigenvalue weighted by Crippen LogP contribution is -2.51. The number of hydrogen-bond acceptors (Lipinski definition) is 5. The molecule has 32 heavy (non-hydrogen) atoms. The molecular formula is C21H23F3N6O2. The molecule has 2 amide bonds. The van der Waals surface area contributed by atoms with Crippen molar-refractivity contribution >= 4 is 34.2 Å². The minimum Gasteiger partial charge on any atom is -0.368 e. The van der Waals surface area contributed by atoms with Gasteiger partial charge < -0.3 is 20.9 Å². The first-order chi connectivity index (χ1) is 15.0. The number of nitrogens with two attached hydrogens (primary N) is 1. The SMILES string of the molecule is CC(=O)Nc1cnc2[nH]cc(-c3cncc(N(CC(F)(F)F)[C@H](C(N)=O)C(C)C)c3)c2c1. The molecular weight excluding hydrogens is 425 g/mol. The van der Waals surface area contributed by atoms with Crippen LogP contribution in [0, 0.1) is 5.92 Å². The van der Waals surface area contributed by atoms with Gasteiger partial charge in [0, 0.05) is 35.8 Å². The van der Waals surface area contributed by atoms with Gasteiger partial charge in [-0.25, -0.2) is 4.98 Å². The summed E-state index contributed by atoms with van der Waals surface area (Å²) in [6, 6.07) is 2.05. The summed E-state index contributed by atoms with van der Waals surface area (Å²) in [6.07, 6.45) is 1.35. The van der Waals surface area contributed by atoms with Crippen LogP contribution >= 0.6 is 0 Å². The summed E-state index contributed by atoms with van der Waals surface area (Å²) in [6.45, 7) is 3.27. The van der Waals surface area contributed by atoms with E-state index >= 15 is 0 Å². The van der Waals surface area contributed by atoms with Crippen molar-refractivity contribution in [2.75, 3.05) is 16.8 Å². The van der Waals surface area contributed by atoms with Gasteiger partial charge in [0.05, 0.1) is 23.8 Å². The predicted octanol–water partition coefficient (Wildman–Crippen LogP) is 3.46. The van der Waals surface area contributed by atoms with Gasteiger partial charge in [0.2, 0.25) is 11.8 Å². The molecule has 0 aliphatic rings. The minimum absolute atomic E-state index is 0.109. The molecule has 3 heterocycles. The van der Waals surface area contributed by atoms with Crippen molar-refractivity contribution in [2.45, 2.75) is 33.0 Å². The van der Waals surface area contributed by atoms with E-state index in [1.807, 2.05) is 0 Å². The van der Waals surface area contributed by atoms with Crippen LogP contribution in [-0.4, -0.2) is 45.5 Å². The van der Waals surface area contributed by atoms with E-state index in [1.54, 1.807) is 26.1 Å². The van der Waals surface area contributed by atoms with Crippen LogP contribution < -0.4 is 16.0 Å². The number of amides is 2. The molecule has 0 radical (unpaired) electrons. The molecule has 0 fully saturated rings. The lowest BCUT2D eigenvalue weighted by atomic mass is 10.0. The van der Waals surface area contributed by atoms with Crippen molar-refractivity contribution < 1.29 is 22.8 Å². The Bertz CT molecular complexity index is 1140. The number of fused-ring (bicyclic) bond motifs is 1. The van der Waals surface area contributed by atoms with E-state index in [0.717, 1.165) is 4.90 Å². The number of H-pyrrole nitrogens is 1. The highest BCUT2D eigenvalue weighted by Gasteiger charge is 2.37. The summed E-state index contributed by atoms with van der Waals surface area (Å²) in [5.41, 5.74) is 7.69. The van der Waals surface area contributed by atoms with Crippen molar-refractivity contribution in [3.8, 4) is 11.1 Å². The molecule has 3 aromatic rings. The Kier molecular flexibility index (Phi) is 6.37. The van der Waals surface area contributed by atoms with Crippen LogP contribution in [0.3, 0.4) is 0 Å². The Labute approximate surface area is 182 Å². The summed E-state index contributed by atoms with van der Waals surface area (Å²) in [5.74, 6) is -1.58. The van der Waals surface area contributed by atoms with Crippen LogP contribution in [0.2, 0.25) is 0 Å². The van der Waals surface area contributed by atoms with Gasteiger partial charge in [-0.3, -0.25) is 14.6 Å². The molecule has 4 N–H and O–H groups in total. The minimum atomic E-state index is -4.56. The van der Waals surface area contributed by atoms with Gasteiger partial charge in [0.15, 0.2) is 0 Å².